The summed E-state index contributed by atoms with van der Waals surface area (Å²) in [5, 5.41) is 13.1. The summed E-state index contributed by atoms with van der Waals surface area (Å²) in [5.74, 6) is 0.349. The summed E-state index contributed by atoms with van der Waals surface area (Å²) in [6.07, 6.45) is 0. The van der Waals surface area contributed by atoms with Gasteiger partial charge in [-0.2, -0.15) is 0 Å². The van der Waals surface area contributed by atoms with Crippen LogP contribution in [0.4, 0.5) is 5.69 Å². The molecule has 0 saturated carbocycles. The number of benzene rings is 2. The van der Waals surface area contributed by atoms with Crippen molar-refractivity contribution in [2.24, 2.45) is 0 Å². The third-order valence-electron chi connectivity index (χ3n) is 3.70. The van der Waals surface area contributed by atoms with Crippen molar-refractivity contribution in [1.82, 2.24) is 5.32 Å². The fourth-order valence-corrected chi connectivity index (χ4v) is 2.42. The lowest BCUT2D eigenvalue weighted by molar-refractivity contribution is 0.464. The summed E-state index contributed by atoms with van der Waals surface area (Å²) in [7, 11) is 0. The average molecular weight is 284 g/mol. The minimum absolute atomic E-state index is 0.349. The molecule has 0 aliphatic rings. The number of nitrogens with zero attached hydrogens (tertiary/aromatic N) is 1. The van der Waals surface area contributed by atoms with Crippen LogP contribution in [-0.4, -0.2) is 18.2 Å². The number of hydrogen-bond acceptors (Lipinski definition) is 3. The Hall–Kier alpha value is -2.00. The molecule has 0 aliphatic heterocycles. The maximum Gasteiger partial charge on any atom is 0.120 e. The van der Waals surface area contributed by atoms with Crippen LogP contribution < -0.4 is 10.2 Å². The molecule has 21 heavy (non-hydrogen) atoms. The second-order valence-corrected chi connectivity index (χ2v) is 5.07. The predicted octanol–water partition coefficient (Wildman–Crippen LogP) is 3.53. The van der Waals surface area contributed by atoms with Crippen LogP contribution in [0.5, 0.6) is 5.75 Å². The van der Waals surface area contributed by atoms with Crippen LogP contribution in [-0.2, 0) is 13.1 Å². The summed E-state index contributed by atoms with van der Waals surface area (Å²) in [6.45, 7) is 7.87. The standard InChI is InChI=1S/C18H24N2O/c1-3-20(4-2)17-11-9-15(10-12-17)13-19-14-16-7-5-6-8-18(16)21/h5-12,19,21H,3-4,13-14H2,1-2H3. The Balaban J connectivity index is 1.88. The minimum atomic E-state index is 0.349. The molecule has 0 unspecified atom stereocenters. The van der Waals surface area contributed by atoms with E-state index < -0.39 is 0 Å². The predicted molar refractivity (Wildman–Crippen MR) is 88.7 cm³/mol. The first-order chi connectivity index (χ1) is 10.2. The maximum atomic E-state index is 9.71. The molecule has 2 N–H and O–H groups in total. The van der Waals surface area contributed by atoms with Crippen molar-refractivity contribution in [1.29, 1.82) is 0 Å². The summed E-state index contributed by atoms with van der Waals surface area (Å²) in [4.78, 5) is 2.33. The highest BCUT2D eigenvalue weighted by molar-refractivity contribution is 5.47. The Morgan fingerprint density at radius 1 is 0.905 bits per heavy atom. The Kier molecular flexibility index (Phi) is 5.64. The molecule has 0 heterocycles. The Labute approximate surface area is 127 Å². The van der Waals surface area contributed by atoms with Gasteiger partial charge in [0.1, 0.15) is 5.75 Å². The minimum Gasteiger partial charge on any atom is -0.508 e. The molecule has 2 aromatic rings. The number of phenols is 1. The van der Waals surface area contributed by atoms with E-state index in [1.807, 2.05) is 18.2 Å². The van der Waals surface area contributed by atoms with Crippen LogP contribution in [0.1, 0.15) is 25.0 Å². The number of nitrogens with one attached hydrogen (secondary N) is 1. The van der Waals surface area contributed by atoms with Gasteiger partial charge in [0.2, 0.25) is 0 Å². The zero-order valence-corrected chi connectivity index (χ0v) is 12.8. The molecule has 3 nitrogen and oxygen atoms in total. The van der Waals surface area contributed by atoms with Gasteiger partial charge >= 0.3 is 0 Å². The summed E-state index contributed by atoms with van der Waals surface area (Å²) in [6, 6.07) is 16.1. The number of phenolic OH excluding ortho intramolecular Hbond substituents is 1. The van der Waals surface area contributed by atoms with Crippen molar-refractivity contribution in [3.8, 4) is 5.75 Å². The smallest absolute Gasteiger partial charge is 0.120 e. The molecule has 0 radical (unpaired) electrons. The van der Waals surface area contributed by atoms with Crippen LogP contribution >= 0.6 is 0 Å². The first-order valence-electron chi connectivity index (χ1n) is 7.56. The molecule has 2 aromatic carbocycles. The third-order valence-corrected chi connectivity index (χ3v) is 3.70. The van der Waals surface area contributed by atoms with Crippen molar-refractivity contribution in [2.45, 2.75) is 26.9 Å². The lowest BCUT2D eigenvalue weighted by Gasteiger charge is -2.21. The Morgan fingerprint density at radius 2 is 1.57 bits per heavy atom. The van der Waals surface area contributed by atoms with Crippen LogP contribution in [0.25, 0.3) is 0 Å². The monoisotopic (exact) mass is 284 g/mol. The van der Waals surface area contributed by atoms with Gasteiger partial charge in [-0.3, -0.25) is 0 Å². The van der Waals surface area contributed by atoms with Gasteiger partial charge in [-0.05, 0) is 37.6 Å². The van der Waals surface area contributed by atoms with E-state index in [-0.39, 0.29) is 0 Å². The SMILES string of the molecule is CCN(CC)c1ccc(CNCc2ccccc2O)cc1. The molecule has 0 aromatic heterocycles. The average Bonchev–Trinajstić information content (AvgIpc) is 2.52. The van der Waals surface area contributed by atoms with Gasteiger partial charge in [-0.1, -0.05) is 30.3 Å². The first kappa shape index (κ1) is 15.4. The second kappa shape index (κ2) is 7.70. The van der Waals surface area contributed by atoms with E-state index in [1.54, 1.807) is 6.07 Å². The zero-order valence-electron chi connectivity index (χ0n) is 12.8. The van der Waals surface area contributed by atoms with Crippen molar-refractivity contribution in [2.75, 3.05) is 18.0 Å². The first-order valence-corrected chi connectivity index (χ1v) is 7.56. The van der Waals surface area contributed by atoms with Crippen LogP contribution in [0.2, 0.25) is 0 Å². The van der Waals surface area contributed by atoms with Gasteiger partial charge in [0.05, 0.1) is 0 Å². The topological polar surface area (TPSA) is 35.5 Å². The van der Waals surface area contributed by atoms with Crippen molar-refractivity contribution in [3.05, 3.63) is 59.7 Å². The number of hydrogen-bond donors (Lipinski definition) is 2. The fourth-order valence-electron chi connectivity index (χ4n) is 2.42. The van der Waals surface area contributed by atoms with E-state index in [9.17, 15) is 5.11 Å². The maximum absolute atomic E-state index is 9.71. The van der Waals surface area contributed by atoms with Crippen molar-refractivity contribution in [3.63, 3.8) is 0 Å². The molecule has 0 aliphatic carbocycles. The molecule has 3 heteroatoms. The fraction of sp³-hybridized carbons (Fsp3) is 0.333. The Morgan fingerprint density at radius 3 is 2.19 bits per heavy atom. The van der Waals surface area contributed by atoms with Gasteiger partial charge in [-0.15, -0.1) is 0 Å². The van der Waals surface area contributed by atoms with Crippen molar-refractivity contribution < 1.29 is 5.11 Å². The largest absolute Gasteiger partial charge is 0.508 e. The lowest BCUT2D eigenvalue weighted by atomic mass is 10.1. The normalized spacial score (nSPS) is 10.6. The van der Waals surface area contributed by atoms with E-state index >= 15 is 0 Å². The number of anilines is 1. The van der Waals surface area contributed by atoms with E-state index in [0.29, 0.717) is 12.3 Å². The van der Waals surface area contributed by atoms with Gasteiger partial charge < -0.3 is 15.3 Å². The van der Waals surface area contributed by atoms with Crippen molar-refractivity contribution >= 4 is 5.69 Å². The molecule has 0 bridgehead atoms. The molecule has 0 saturated heterocycles. The molecular weight excluding hydrogens is 260 g/mol. The van der Waals surface area contributed by atoms with E-state index in [4.69, 9.17) is 0 Å². The summed E-state index contributed by atoms with van der Waals surface area (Å²) in [5.41, 5.74) is 3.45. The molecular formula is C18H24N2O. The molecule has 0 amide bonds. The highest BCUT2D eigenvalue weighted by Gasteiger charge is 2.02. The second-order valence-electron chi connectivity index (χ2n) is 5.07. The summed E-state index contributed by atoms with van der Waals surface area (Å²) < 4.78 is 0. The highest BCUT2D eigenvalue weighted by Crippen LogP contribution is 2.16. The third kappa shape index (κ3) is 4.23. The van der Waals surface area contributed by atoms with Gasteiger partial charge in [-0.25, -0.2) is 0 Å². The van der Waals surface area contributed by atoms with Crippen LogP contribution in [0.15, 0.2) is 48.5 Å². The Bertz CT molecular complexity index is 547. The van der Waals surface area contributed by atoms with E-state index in [2.05, 4.69) is 48.3 Å². The van der Waals surface area contributed by atoms with Gasteiger partial charge in [0, 0.05) is 37.4 Å². The number of para-hydroxylation sites is 1. The molecule has 2 rings (SSSR count). The highest BCUT2D eigenvalue weighted by atomic mass is 16.3. The number of rotatable bonds is 7. The van der Waals surface area contributed by atoms with E-state index in [1.165, 1.54) is 11.3 Å². The van der Waals surface area contributed by atoms with Crippen LogP contribution in [0, 0.1) is 0 Å². The number of aromatic hydroxyl groups is 1. The molecule has 0 fully saturated rings. The summed E-state index contributed by atoms with van der Waals surface area (Å²) >= 11 is 0. The van der Waals surface area contributed by atoms with Gasteiger partial charge in [0.25, 0.3) is 0 Å². The molecule has 0 spiro atoms. The zero-order chi connectivity index (χ0) is 15.1. The molecule has 112 valence electrons. The van der Waals surface area contributed by atoms with E-state index in [0.717, 1.165) is 25.2 Å². The van der Waals surface area contributed by atoms with Gasteiger partial charge in [0.15, 0.2) is 0 Å². The van der Waals surface area contributed by atoms with Crippen LogP contribution in [0.3, 0.4) is 0 Å². The lowest BCUT2D eigenvalue weighted by Crippen LogP contribution is -2.21. The molecule has 0 atom stereocenters. The quantitative estimate of drug-likeness (QED) is 0.816.